The van der Waals surface area contributed by atoms with Crippen LogP contribution in [0, 0.1) is 0 Å². The van der Waals surface area contributed by atoms with Gasteiger partial charge in [-0.05, 0) is 18.7 Å². The van der Waals surface area contributed by atoms with E-state index in [1.54, 1.807) is 31.3 Å². The van der Waals surface area contributed by atoms with E-state index in [1.165, 1.54) is 0 Å². The smallest absolute Gasteiger partial charge is 0.157 e. The number of likely N-dealkylation sites (N-methyl/N-ethyl adjacent to an activating group) is 1. The number of pyridine rings is 1. The number of sulfone groups is 1. The third kappa shape index (κ3) is 5.48. The summed E-state index contributed by atoms with van der Waals surface area (Å²) in [5, 5.41) is 2.93. The average molecular weight is 284 g/mol. The van der Waals surface area contributed by atoms with Crippen molar-refractivity contribution in [2.24, 2.45) is 0 Å². The molecule has 1 aromatic rings. The standard InChI is InChI=1S/C13H20N2O3S/c1-3-13(16)12(14-4-2)10-19(17,18)9-11-7-5-6-8-15-11/h5-8,12,14H,3-4,9-10H2,1-2H3. The van der Waals surface area contributed by atoms with Crippen LogP contribution in [0.25, 0.3) is 0 Å². The van der Waals surface area contributed by atoms with Gasteiger partial charge in [0.1, 0.15) is 0 Å². The van der Waals surface area contributed by atoms with Gasteiger partial charge in [0.25, 0.3) is 0 Å². The maximum Gasteiger partial charge on any atom is 0.157 e. The van der Waals surface area contributed by atoms with Crippen molar-refractivity contribution < 1.29 is 13.2 Å². The molecule has 1 heterocycles. The van der Waals surface area contributed by atoms with E-state index in [9.17, 15) is 13.2 Å². The molecular formula is C13H20N2O3S. The fraction of sp³-hybridized carbons (Fsp3) is 0.538. The van der Waals surface area contributed by atoms with Crippen LogP contribution >= 0.6 is 0 Å². The highest BCUT2D eigenvalue weighted by molar-refractivity contribution is 7.90. The number of hydrogen-bond acceptors (Lipinski definition) is 5. The number of nitrogens with zero attached hydrogens (tertiary/aromatic N) is 1. The fourth-order valence-corrected chi connectivity index (χ4v) is 3.33. The Morgan fingerprint density at radius 3 is 2.63 bits per heavy atom. The summed E-state index contributed by atoms with van der Waals surface area (Å²) < 4.78 is 24.1. The van der Waals surface area contributed by atoms with Gasteiger partial charge in [0.15, 0.2) is 15.6 Å². The van der Waals surface area contributed by atoms with Gasteiger partial charge in [-0.1, -0.05) is 19.9 Å². The third-order valence-corrected chi connectivity index (χ3v) is 4.28. The summed E-state index contributed by atoms with van der Waals surface area (Å²) in [6, 6.07) is 4.53. The zero-order valence-electron chi connectivity index (χ0n) is 11.3. The van der Waals surface area contributed by atoms with Crippen LogP contribution in [0.2, 0.25) is 0 Å². The molecule has 1 rings (SSSR count). The molecule has 0 amide bonds. The van der Waals surface area contributed by atoms with Crippen LogP contribution in [0.5, 0.6) is 0 Å². The summed E-state index contributed by atoms with van der Waals surface area (Å²) in [6.45, 7) is 4.15. The molecule has 0 aliphatic heterocycles. The first kappa shape index (κ1) is 15.8. The first-order valence-corrected chi connectivity index (χ1v) is 8.17. The van der Waals surface area contributed by atoms with Gasteiger partial charge in [-0.3, -0.25) is 9.78 Å². The molecule has 0 saturated heterocycles. The number of hydrogen-bond donors (Lipinski definition) is 1. The molecule has 0 aliphatic carbocycles. The Morgan fingerprint density at radius 1 is 1.37 bits per heavy atom. The summed E-state index contributed by atoms with van der Waals surface area (Å²) in [5.41, 5.74) is 0.502. The molecule has 6 heteroatoms. The molecule has 1 atom stereocenters. The summed E-state index contributed by atoms with van der Waals surface area (Å²) in [7, 11) is -3.36. The zero-order valence-corrected chi connectivity index (χ0v) is 12.1. The first-order chi connectivity index (χ1) is 8.98. The van der Waals surface area contributed by atoms with Crippen molar-refractivity contribution in [3.8, 4) is 0 Å². The van der Waals surface area contributed by atoms with Gasteiger partial charge in [-0.2, -0.15) is 0 Å². The van der Waals surface area contributed by atoms with Crippen LogP contribution in [-0.2, 0) is 20.4 Å². The molecule has 1 N–H and O–H groups in total. The number of aromatic nitrogens is 1. The van der Waals surface area contributed by atoms with E-state index >= 15 is 0 Å². The summed E-state index contributed by atoms with van der Waals surface area (Å²) >= 11 is 0. The molecule has 1 unspecified atom stereocenters. The van der Waals surface area contributed by atoms with Crippen LogP contribution in [0.1, 0.15) is 26.0 Å². The Morgan fingerprint density at radius 2 is 2.11 bits per heavy atom. The van der Waals surface area contributed by atoms with Gasteiger partial charge < -0.3 is 5.32 Å². The number of carbonyl (C=O) groups is 1. The highest BCUT2D eigenvalue weighted by Crippen LogP contribution is 2.06. The predicted octanol–water partition coefficient (Wildman–Crippen LogP) is 0.954. The molecule has 1 aromatic heterocycles. The highest BCUT2D eigenvalue weighted by atomic mass is 32.2. The lowest BCUT2D eigenvalue weighted by atomic mass is 10.2. The van der Waals surface area contributed by atoms with Crippen LogP contribution in [-0.4, -0.2) is 37.5 Å². The summed E-state index contributed by atoms with van der Waals surface area (Å²) in [6.07, 6.45) is 1.89. The van der Waals surface area contributed by atoms with Crippen molar-refractivity contribution in [1.82, 2.24) is 10.3 Å². The van der Waals surface area contributed by atoms with Crippen molar-refractivity contribution >= 4 is 15.6 Å². The van der Waals surface area contributed by atoms with E-state index in [2.05, 4.69) is 10.3 Å². The minimum atomic E-state index is -3.36. The Balaban J connectivity index is 2.74. The van der Waals surface area contributed by atoms with Crippen molar-refractivity contribution in [1.29, 1.82) is 0 Å². The van der Waals surface area contributed by atoms with Gasteiger partial charge in [-0.15, -0.1) is 0 Å². The summed E-state index contributed by atoms with van der Waals surface area (Å²) in [4.78, 5) is 15.7. The molecule has 0 bridgehead atoms. The fourth-order valence-electron chi connectivity index (χ4n) is 1.78. The van der Waals surface area contributed by atoms with E-state index in [0.29, 0.717) is 18.7 Å². The normalized spacial score (nSPS) is 13.2. The van der Waals surface area contributed by atoms with E-state index in [4.69, 9.17) is 0 Å². The molecule has 0 radical (unpaired) electrons. The second-order valence-corrected chi connectivity index (χ2v) is 6.41. The van der Waals surface area contributed by atoms with Gasteiger partial charge in [0.2, 0.25) is 0 Å². The molecule has 0 spiro atoms. The van der Waals surface area contributed by atoms with Crippen LogP contribution < -0.4 is 5.32 Å². The predicted molar refractivity (Wildman–Crippen MR) is 74.5 cm³/mol. The van der Waals surface area contributed by atoms with Gasteiger partial charge in [-0.25, -0.2) is 8.42 Å². The van der Waals surface area contributed by atoms with E-state index in [1.807, 2.05) is 6.92 Å². The highest BCUT2D eigenvalue weighted by Gasteiger charge is 2.24. The Bertz CT molecular complexity index is 500. The quantitative estimate of drug-likeness (QED) is 0.769. The van der Waals surface area contributed by atoms with Crippen molar-refractivity contribution in [3.05, 3.63) is 30.1 Å². The minimum Gasteiger partial charge on any atom is -0.307 e. The Kier molecular flexibility index (Phi) is 6.11. The van der Waals surface area contributed by atoms with Crippen LogP contribution in [0.3, 0.4) is 0 Å². The minimum absolute atomic E-state index is 0.0774. The number of nitrogens with one attached hydrogen (secondary N) is 1. The number of Topliss-reactive ketones (excluding diaryl/α,β-unsaturated/α-hetero) is 1. The largest absolute Gasteiger partial charge is 0.307 e. The van der Waals surface area contributed by atoms with Crippen molar-refractivity contribution in [2.75, 3.05) is 12.3 Å². The second kappa shape index (κ2) is 7.35. The van der Waals surface area contributed by atoms with Gasteiger partial charge >= 0.3 is 0 Å². The lowest BCUT2D eigenvalue weighted by Crippen LogP contribution is -2.42. The second-order valence-electron chi connectivity index (χ2n) is 4.31. The van der Waals surface area contributed by atoms with Gasteiger partial charge in [0, 0.05) is 12.6 Å². The zero-order chi connectivity index (χ0) is 14.3. The molecule has 0 aromatic carbocycles. The molecule has 19 heavy (non-hydrogen) atoms. The number of carbonyl (C=O) groups excluding carboxylic acids is 1. The third-order valence-electron chi connectivity index (χ3n) is 2.70. The molecular weight excluding hydrogens is 264 g/mol. The Labute approximate surface area is 114 Å². The molecule has 0 fully saturated rings. The van der Waals surface area contributed by atoms with Crippen molar-refractivity contribution in [3.63, 3.8) is 0 Å². The maximum atomic E-state index is 12.1. The Hall–Kier alpha value is -1.27. The van der Waals surface area contributed by atoms with E-state index in [0.717, 1.165) is 0 Å². The van der Waals surface area contributed by atoms with Crippen LogP contribution in [0.4, 0.5) is 0 Å². The number of rotatable bonds is 8. The summed E-state index contributed by atoms with van der Waals surface area (Å²) in [5.74, 6) is -0.386. The van der Waals surface area contributed by atoms with Crippen molar-refractivity contribution in [2.45, 2.75) is 32.1 Å². The topological polar surface area (TPSA) is 76.1 Å². The number of ketones is 1. The van der Waals surface area contributed by atoms with E-state index in [-0.39, 0.29) is 17.3 Å². The maximum absolute atomic E-state index is 12.1. The molecule has 0 saturated carbocycles. The first-order valence-electron chi connectivity index (χ1n) is 6.35. The lowest BCUT2D eigenvalue weighted by molar-refractivity contribution is -0.120. The average Bonchev–Trinajstić information content (AvgIpc) is 2.37. The molecule has 106 valence electrons. The monoisotopic (exact) mass is 284 g/mol. The van der Waals surface area contributed by atoms with Crippen LogP contribution in [0.15, 0.2) is 24.4 Å². The SMILES string of the molecule is CCNC(CS(=O)(=O)Cc1ccccn1)C(=O)CC. The molecule has 5 nitrogen and oxygen atoms in total. The van der Waals surface area contributed by atoms with Gasteiger partial charge in [0.05, 0.1) is 23.2 Å². The van der Waals surface area contributed by atoms with E-state index < -0.39 is 15.9 Å². The molecule has 0 aliphatic rings. The lowest BCUT2D eigenvalue weighted by Gasteiger charge is -2.15.